The summed E-state index contributed by atoms with van der Waals surface area (Å²) in [5, 5.41) is 5.76. The van der Waals surface area contributed by atoms with Crippen LogP contribution in [-0.4, -0.2) is 11.0 Å². The van der Waals surface area contributed by atoms with Crippen molar-refractivity contribution in [2.24, 2.45) is 11.8 Å². The highest BCUT2D eigenvalue weighted by Gasteiger charge is 2.23. The van der Waals surface area contributed by atoms with Crippen LogP contribution in [0.4, 0.5) is 0 Å². The van der Waals surface area contributed by atoms with Gasteiger partial charge in [-0.05, 0) is 31.1 Å². The van der Waals surface area contributed by atoms with E-state index in [1.165, 1.54) is 25.0 Å². The van der Waals surface area contributed by atoms with E-state index in [1.807, 2.05) is 5.51 Å². The topological polar surface area (TPSA) is 24.9 Å². The molecule has 2 nitrogen and oxygen atoms in total. The van der Waals surface area contributed by atoms with Crippen molar-refractivity contribution in [1.29, 1.82) is 0 Å². The third-order valence-electron chi connectivity index (χ3n) is 3.23. The Morgan fingerprint density at radius 2 is 2.07 bits per heavy atom. The van der Waals surface area contributed by atoms with Crippen molar-refractivity contribution in [3.05, 3.63) is 16.6 Å². The van der Waals surface area contributed by atoms with E-state index in [9.17, 15) is 0 Å². The summed E-state index contributed by atoms with van der Waals surface area (Å²) >= 11 is 1.68. The molecule has 1 aromatic rings. The average molecular weight is 224 g/mol. The van der Waals surface area contributed by atoms with Crippen LogP contribution in [0, 0.1) is 11.8 Å². The van der Waals surface area contributed by atoms with Gasteiger partial charge in [0.2, 0.25) is 0 Å². The maximum atomic E-state index is 4.29. The molecule has 0 amide bonds. The molecule has 0 aliphatic heterocycles. The lowest BCUT2D eigenvalue weighted by molar-refractivity contribution is 0.238. The monoisotopic (exact) mass is 224 g/mol. The third kappa shape index (κ3) is 3.28. The molecule has 0 saturated heterocycles. The molecular weight excluding hydrogens is 204 g/mol. The van der Waals surface area contributed by atoms with Crippen molar-refractivity contribution in [1.82, 2.24) is 10.3 Å². The summed E-state index contributed by atoms with van der Waals surface area (Å²) in [7, 11) is 0. The Morgan fingerprint density at radius 3 is 2.67 bits per heavy atom. The molecule has 1 aliphatic rings. The largest absolute Gasteiger partial charge is 0.308 e. The van der Waals surface area contributed by atoms with Gasteiger partial charge in [0.15, 0.2) is 0 Å². The van der Waals surface area contributed by atoms with Crippen LogP contribution in [0.15, 0.2) is 10.9 Å². The standard InChI is InChI=1S/C12H20N2S/c1-9-3-10(2)5-11(4-9)13-6-12-7-15-8-14-12/h7-11,13H,3-6H2,1-2H3. The van der Waals surface area contributed by atoms with Gasteiger partial charge in [0, 0.05) is 18.0 Å². The summed E-state index contributed by atoms with van der Waals surface area (Å²) < 4.78 is 0. The van der Waals surface area contributed by atoms with Crippen molar-refractivity contribution in [3.63, 3.8) is 0 Å². The van der Waals surface area contributed by atoms with E-state index in [2.05, 4.69) is 29.5 Å². The van der Waals surface area contributed by atoms with Crippen molar-refractivity contribution >= 4 is 11.3 Å². The maximum absolute atomic E-state index is 4.29. The van der Waals surface area contributed by atoms with Gasteiger partial charge in [-0.1, -0.05) is 13.8 Å². The summed E-state index contributed by atoms with van der Waals surface area (Å²) in [6.07, 6.45) is 4.05. The van der Waals surface area contributed by atoms with Crippen LogP contribution in [0.25, 0.3) is 0 Å². The van der Waals surface area contributed by atoms with E-state index in [1.54, 1.807) is 11.3 Å². The highest BCUT2D eigenvalue weighted by molar-refractivity contribution is 7.07. The van der Waals surface area contributed by atoms with Crippen molar-refractivity contribution in [2.75, 3.05) is 0 Å². The predicted molar refractivity (Wildman–Crippen MR) is 64.9 cm³/mol. The van der Waals surface area contributed by atoms with Crippen LogP contribution in [-0.2, 0) is 6.54 Å². The van der Waals surface area contributed by atoms with Crippen LogP contribution >= 0.6 is 11.3 Å². The molecule has 0 aromatic carbocycles. The quantitative estimate of drug-likeness (QED) is 0.853. The number of thiazole rings is 1. The van der Waals surface area contributed by atoms with Crippen LogP contribution in [0.2, 0.25) is 0 Å². The van der Waals surface area contributed by atoms with Crippen molar-refractivity contribution in [3.8, 4) is 0 Å². The molecule has 1 N–H and O–H groups in total. The Balaban J connectivity index is 1.79. The highest BCUT2D eigenvalue weighted by Crippen LogP contribution is 2.28. The summed E-state index contributed by atoms with van der Waals surface area (Å²) in [5.41, 5.74) is 3.09. The van der Waals surface area contributed by atoms with Gasteiger partial charge in [-0.25, -0.2) is 4.98 Å². The molecule has 0 bridgehead atoms. The van der Waals surface area contributed by atoms with Crippen LogP contribution in [0.1, 0.15) is 38.8 Å². The first-order valence-corrected chi connectivity index (χ1v) is 6.78. The first-order chi connectivity index (χ1) is 7.24. The molecule has 1 aromatic heterocycles. The SMILES string of the molecule is CC1CC(C)CC(NCc2cscn2)C1. The molecule has 1 saturated carbocycles. The fourth-order valence-electron chi connectivity index (χ4n) is 2.69. The third-order valence-corrected chi connectivity index (χ3v) is 3.87. The molecule has 1 heterocycles. The van der Waals surface area contributed by atoms with Gasteiger partial charge in [-0.2, -0.15) is 0 Å². The Morgan fingerprint density at radius 1 is 1.33 bits per heavy atom. The minimum Gasteiger partial charge on any atom is -0.308 e. The van der Waals surface area contributed by atoms with Gasteiger partial charge in [-0.15, -0.1) is 11.3 Å². The lowest BCUT2D eigenvalue weighted by atomic mass is 9.80. The smallest absolute Gasteiger partial charge is 0.0795 e. The Hall–Kier alpha value is -0.410. The Labute approximate surface area is 96.1 Å². The Bertz CT molecular complexity index is 274. The minimum absolute atomic E-state index is 0.699. The van der Waals surface area contributed by atoms with E-state index < -0.39 is 0 Å². The van der Waals surface area contributed by atoms with E-state index in [-0.39, 0.29) is 0 Å². The van der Waals surface area contributed by atoms with Gasteiger partial charge < -0.3 is 5.32 Å². The molecule has 0 spiro atoms. The number of nitrogens with zero attached hydrogens (tertiary/aromatic N) is 1. The van der Waals surface area contributed by atoms with Crippen molar-refractivity contribution in [2.45, 2.75) is 45.7 Å². The predicted octanol–water partition coefficient (Wildman–Crippen LogP) is 3.06. The Kier molecular flexibility index (Phi) is 3.76. The van der Waals surface area contributed by atoms with E-state index in [0.717, 1.165) is 18.4 Å². The van der Waals surface area contributed by atoms with Gasteiger partial charge in [0.05, 0.1) is 11.2 Å². The number of rotatable bonds is 3. The van der Waals surface area contributed by atoms with E-state index >= 15 is 0 Å². The van der Waals surface area contributed by atoms with E-state index in [4.69, 9.17) is 0 Å². The number of hydrogen-bond acceptors (Lipinski definition) is 3. The zero-order chi connectivity index (χ0) is 10.7. The first kappa shape index (κ1) is 11.1. The molecule has 15 heavy (non-hydrogen) atoms. The fourth-order valence-corrected chi connectivity index (χ4v) is 3.25. The lowest BCUT2D eigenvalue weighted by Gasteiger charge is -2.31. The second-order valence-corrected chi connectivity index (χ2v) is 5.69. The summed E-state index contributed by atoms with van der Waals surface area (Å²) in [6.45, 7) is 5.67. The molecule has 0 radical (unpaired) electrons. The van der Waals surface area contributed by atoms with Gasteiger partial charge >= 0.3 is 0 Å². The fraction of sp³-hybridized carbons (Fsp3) is 0.750. The van der Waals surface area contributed by atoms with Gasteiger partial charge in [0.25, 0.3) is 0 Å². The molecule has 84 valence electrons. The average Bonchev–Trinajstić information content (AvgIpc) is 2.65. The van der Waals surface area contributed by atoms with Gasteiger partial charge in [0.1, 0.15) is 0 Å². The summed E-state index contributed by atoms with van der Waals surface area (Å²) in [4.78, 5) is 4.29. The normalized spacial score (nSPS) is 31.7. The number of aromatic nitrogens is 1. The summed E-state index contributed by atoms with van der Waals surface area (Å²) in [5.74, 6) is 1.75. The number of nitrogens with one attached hydrogen (secondary N) is 1. The maximum Gasteiger partial charge on any atom is 0.0795 e. The van der Waals surface area contributed by atoms with E-state index in [0.29, 0.717) is 6.04 Å². The summed E-state index contributed by atoms with van der Waals surface area (Å²) in [6, 6.07) is 0.699. The lowest BCUT2D eigenvalue weighted by Crippen LogP contribution is -2.35. The zero-order valence-electron chi connectivity index (χ0n) is 9.57. The first-order valence-electron chi connectivity index (χ1n) is 5.84. The second-order valence-electron chi connectivity index (χ2n) is 4.98. The van der Waals surface area contributed by atoms with Crippen LogP contribution in [0.5, 0.6) is 0 Å². The molecule has 1 fully saturated rings. The number of hydrogen-bond donors (Lipinski definition) is 1. The molecule has 2 atom stereocenters. The molecule has 2 rings (SSSR count). The molecule has 2 unspecified atom stereocenters. The van der Waals surface area contributed by atoms with Crippen molar-refractivity contribution < 1.29 is 0 Å². The second kappa shape index (κ2) is 5.08. The molecular formula is C12H20N2S. The van der Waals surface area contributed by atoms with Crippen LogP contribution < -0.4 is 5.32 Å². The van der Waals surface area contributed by atoms with Gasteiger partial charge in [-0.3, -0.25) is 0 Å². The minimum atomic E-state index is 0.699. The molecule has 1 aliphatic carbocycles. The zero-order valence-corrected chi connectivity index (χ0v) is 10.4. The van der Waals surface area contributed by atoms with Crippen LogP contribution in [0.3, 0.4) is 0 Å². The molecule has 3 heteroatoms. The highest BCUT2D eigenvalue weighted by atomic mass is 32.1.